The van der Waals surface area contributed by atoms with Gasteiger partial charge in [-0.2, -0.15) is 0 Å². The first-order valence-corrected chi connectivity index (χ1v) is 8.83. The summed E-state index contributed by atoms with van der Waals surface area (Å²) in [6.07, 6.45) is 0.123. The Morgan fingerprint density at radius 3 is 2.74 bits per heavy atom. The van der Waals surface area contributed by atoms with Crippen LogP contribution < -0.4 is 19.7 Å². The lowest BCUT2D eigenvalue weighted by molar-refractivity contribution is -0.126. The van der Waals surface area contributed by atoms with E-state index in [1.54, 1.807) is 41.3 Å². The van der Waals surface area contributed by atoms with Gasteiger partial charge < -0.3 is 19.7 Å². The lowest BCUT2D eigenvalue weighted by Gasteiger charge is -2.22. The van der Waals surface area contributed by atoms with E-state index in [1.807, 2.05) is 0 Å². The third kappa shape index (κ3) is 3.58. The largest absolute Gasteiger partial charge is 0.486 e. The maximum atomic E-state index is 13.7. The van der Waals surface area contributed by atoms with Gasteiger partial charge in [0, 0.05) is 36.8 Å². The molecular weight excluding hydrogens is 351 g/mol. The van der Waals surface area contributed by atoms with Crippen molar-refractivity contribution in [1.29, 1.82) is 0 Å². The van der Waals surface area contributed by atoms with E-state index in [9.17, 15) is 14.0 Å². The third-order valence-electron chi connectivity index (χ3n) is 4.74. The summed E-state index contributed by atoms with van der Waals surface area (Å²) in [6, 6.07) is 11.6. The minimum Gasteiger partial charge on any atom is -0.486 e. The zero-order valence-electron chi connectivity index (χ0n) is 14.6. The van der Waals surface area contributed by atoms with Crippen molar-refractivity contribution in [2.75, 3.05) is 24.7 Å². The Morgan fingerprint density at radius 1 is 1.15 bits per heavy atom. The van der Waals surface area contributed by atoms with Gasteiger partial charge in [-0.05, 0) is 18.2 Å². The molecule has 2 aromatic rings. The molecule has 1 fully saturated rings. The van der Waals surface area contributed by atoms with Gasteiger partial charge in [0.05, 0.1) is 5.92 Å². The molecule has 4 rings (SSSR count). The van der Waals surface area contributed by atoms with E-state index in [4.69, 9.17) is 9.47 Å². The van der Waals surface area contributed by atoms with Crippen LogP contribution in [0.25, 0.3) is 0 Å². The summed E-state index contributed by atoms with van der Waals surface area (Å²) < 4.78 is 24.7. The number of carbonyl (C=O) groups excluding carboxylic acids is 2. The van der Waals surface area contributed by atoms with Crippen molar-refractivity contribution >= 4 is 17.5 Å². The molecule has 2 aromatic carbocycles. The number of nitrogens with one attached hydrogen (secondary N) is 1. The summed E-state index contributed by atoms with van der Waals surface area (Å²) >= 11 is 0. The second-order valence-electron chi connectivity index (χ2n) is 6.54. The van der Waals surface area contributed by atoms with Gasteiger partial charge in [-0.15, -0.1) is 0 Å². The molecule has 0 saturated carbocycles. The highest BCUT2D eigenvalue weighted by molar-refractivity contribution is 6.00. The topological polar surface area (TPSA) is 67.9 Å². The van der Waals surface area contributed by atoms with Crippen LogP contribution in [0.15, 0.2) is 42.5 Å². The van der Waals surface area contributed by atoms with E-state index >= 15 is 0 Å². The molecule has 0 bridgehead atoms. The van der Waals surface area contributed by atoms with Crippen molar-refractivity contribution in [2.45, 2.75) is 13.0 Å². The first-order chi connectivity index (χ1) is 13.1. The summed E-state index contributed by atoms with van der Waals surface area (Å²) in [7, 11) is 0. The van der Waals surface area contributed by atoms with Gasteiger partial charge in [-0.1, -0.05) is 18.2 Å². The summed E-state index contributed by atoms with van der Waals surface area (Å²) in [5.74, 6) is 0.0230. The second kappa shape index (κ2) is 7.26. The van der Waals surface area contributed by atoms with E-state index in [0.717, 1.165) is 0 Å². The lowest BCUT2D eigenvalue weighted by Crippen LogP contribution is -2.32. The number of ether oxygens (including phenoxy) is 2. The number of carbonyl (C=O) groups is 2. The van der Waals surface area contributed by atoms with Gasteiger partial charge in [0.25, 0.3) is 0 Å². The highest BCUT2D eigenvalue weighted by Crippen LogP contribution is 2.36. The maximum Gasteiger partial charge on any atom is 0.227 e. The fourth-order valence-corrected chi connectivity index (χ4v) is 3.30. The molecule has 1 atom stereocenters. The number of benzene rings is 2. The highest BCUT2D eigenvalue weighted by Gasteiger charge is 2.35. The zero-order chi connectivity index (χ0) is 18.8. The molecule has 2 aliphatic rings. The molecule has 2 heterocycles. The predicted octanol–water partition coefficient (Wildman–Crippen LogP) is 2.27. The summed E-state index contributed by atoms with van der Waals surface area (Å²) in [5, 5.41) is 2.72. The summed E-state index contributed by atoms with van der Waals surface area (Å²) in [6.45, 7) is 1.34. The number of amides is 2. The molecule has 140 valence electrons. The van der Waals surface area contributed by atoms with Crippen LogP contribution in [0, 0.1) is 11.7 Å². The van der Waals surface area contributed by atoms with E-state index in [2.05, 4.69) is 5.32 Å². The standard InChI is InChI=1S/C20H19FN2O4/c21-16-4-2-1-3-13(16)11-22-20(25)14-9-19(24)23(12-14)15-5-6-17-18(10-15)27-8-7-26-17/h1-6,10,14H,7-9,11-12H2,(H,22,25)/t14-/m0/s1. The van der Waals surface area contributed by atoms with Gasteiger partial charge in [0.2, 0.25) is 11.8 Å². The molecule has 1 saturated heterocycles. The number of rotatable bonds is 4. The molecule has 2 aliphatic heterocycles. The predicted molar refractivity (Wildman–Crippen MR) is 96.1 cm³/mol. The molecule has 7 heteroatoms. The monoisotopic (exact) mass is 370 g/mol. The summed E-state index contributed by atoms with van der Waals surface area (Å²) in [4.78, 5) is 26.4. The fraction of sp³-hybridized carbons (Fsp3) is 0.300. The second-order valence-corrected chi connectivity index (χ2v) is 6.54. The molecular formula is C20H19FN2O4. The Labute approximate surface area is 155 Å². The van der Waals surface area contributed by atoms with Crippen LogP contribution >= 0.6 is 0 Å². The van der Waals surface area contributed by atoms with Gasteiger partial charge in [-0.25, -0.2) is 4.39 Å². The number of hydrogen-bond acceptors (Lipinski definition) is 4. The molecule has 27 heavy (non-hydrogen) atoms. The Hall–Kier alpha value is -3.09. The van der Waals surface area contributed by atoms with Crippen molar-refractivity contribution in [3.8, 4) is 11.5 Å². The molecule has 1 N–H and O–H groups in total. The average molecular weight is 370 g/mol. The van der Waals surface area contributed by atoms with Crippen LogP contribution in [0.4, 0.5) is 10.1 Å². The van der Waals surface area contributed by atoms with Crippen LogP contribution in [0.2, 0.25) is 0 Å². The van der Waals surface area contributed by atoms with E-state index < -0.39 is 5.92 Å². The Bertz CT molecular complexity index is 886. The zero-order valence-corrected chi connectivity index (χ0v) is 14.6. The Morgan fingerprint density at radius 2 is 1.93 bits per heavy atom. The molecule has 0 radical (unpaired) electrons. The SMILES string of the molecule is O=C(NCc1ccccc1F)[C@H]1CC(=O)N(c2ccc3c(c2)OCCO3)C1. The third-order valence-corrected chi connectivity index (χ3v) is 4.74. The van der Waals surface area contributed by atoms with Crippen molar-refractivity contribution in [1.82, 2.24) is 5.32 Å². The number of anilines is 1. The molecule has 0 aliphatic carbocycles. The smallest absolute Gasteiger partial charge is 0.227 e. The van der Waals surface area contributed by atoms with E-state index in [1.165, 1.54) is 6.07 Å². The van der Waals surface area contributed by atoms with Crippen LogP contribution in [0.5, 0.6) is 11.5 Å². The lowest BCUT2D eigenvalue weighted by atomic mass is 10.1. The van der Waals surface area contributed by atoms with Crippen molar-refractivity contribution in [2.24, 2.45) is 5.92 Å². The number of halogens is 1. The number of fused-ring (bicyclic) bond motifs is 1. The maximum absolute atomic E-state index is 13.7. The van der Waals surface area contributed by atoms with Crippen molar-refractivity contribution < 1.29 is 23.5 Å². The van der Waals surface area contributed by atoms with Gasteiger partial charge >= 0.3 is 0 Å². The van der Waals surface area contributed by atoms with E-state index in [-0.39, 0.29) is 37.1 Å². The average Bonchev–Trinajstić information content (AvgIpc) is 3.08. The quantitative estimate of drug-likeness (QED) is 0.897. The molecule has 0 aromatic heterocycles. The minimum absolute atomic E-state index is 0.0974. The molecule has 2 amide bonds. The number of hydrogen-bond donors (Lipinski definition) is 1. The Balaban J connectivity index is 1.41. The fourth-order valence-electron chi connectivity index (χ4n) is 3.30. The first kappa shape index (κ1) is 17.3. The van der Waals surface area contributed by atoms with E-state index in [0.29, 0.717) is 36.0 Å². The van der Waals surface area contributed by atoms with Crippen molar-refractivity contribution in [3.05, 3.63) is 53.8 Å². The number of nitrogens with zero attached hydrogens (tertiary/aromatic N) is 1. The minimum atomic E-state index is -0.475. The molecule has 0 spiro atoms. The first-order valence-electron chi connectivity index (χ1n) is 8.83. The van der Waals surface area contributed by atoms with Gasteiger partial charge in [0.15, 0.2) is 11.5 Å². The van der Waals surface area contributed by atoms with Crippen LogP contribution in [-0.2, 0) is 16.1 Å². The van der Waals surface area contributed by atoms with Gasteiger partial charge in [0.1, 0.15) is 19.0 Å². The van der Waals surface area contributed by atoms with Crippen molar-refractivity contribution in [3.63, 3.8) is 0 Å². The molecule has 0 unspecified atom stereocenters. The highest BCUT2D eigenvalue weighted by atomic mass is 19.1. The van der Waals surface area contributed by atoms with Crippen LogP contribution in [0.1, 0.15) is 12.0 Å². The Kier molecular flexibility index (Phi) is 4.66. The molecule has 6 nitrogen and oxygen atoms in total. The normalized spacial score (nSPS) is 18.5. The van der Waals surface area contributed by atoms with Crippen LogP contribution in [0.3, 0.4) is 0 Å². The van der Waals surface area contributed by atoms with Gasteiger partial charge in [-0.3, -0.25) is 9.59 Å². The van der Waals surface area contributed by atoms with Crippen LogP contribution in [-0.4, -0.2) is 31.6 Å². The summed E-state index contributed by atoms with van der Waals surface area (Å²) in [5.41, 5.74) is 1.09.